The molecule has 21 heavy (non-hydrogen) atoms. The third kappa shape index (κ3) is 7.18. The minimum Gasteiger partial charge on any atom is -0.478 e. The highest BCUT2D eigenvalue weighted by Crippen LogP contribution is 2.07. The maximum atomic E-state index is 11.7. The number of sulfonamides is 2. The fraction of sp³-hybridized carbons (Fsp3) is 0.364. The summed E-state index contributed by atoms with van der Waals surface area (Å²) < 4.78 is 49.5. The van der Waals surface area contributed by atoms with Gasteiger partial charge in [-0.2, -0.15) is 0 Å². The summed E-state index contributed by atoms with van der Waals surface area (Å²) in [6.07, 6.45) is 0.978. The Hall–Kier alpha value is -1.49. The second kappa shape index (κ2) is 6.98. The predicted molar refractivity (Wildman–Crippen MR) is 76.9 cm³/mol. The number of hydrogen-bond acceptors (Lipinski definition) is 5. The van der Waals surface area contributed by atoms with Gasteiger partial charge in [-0.05, 0) is 17.7 Å². The molecule has 0 aromatic heterocycles. The lowest BCUT2D eigenvalue weighted by molar-refractivity contribution is 0.0697. The predicted octanol–water partition coefficient (Wildman–Crippen LogP) is -0.647. The zero-order chi connectivity index (χ0) is 16.1. The molecule has 0 unspecified atom stereocenters. The van der Waals surface area contributed by atoms with Crippen molar-refractivity contribution in [1.29, 1.82) is 0 Å². The molecule has 3 N–H and O–H groups in total. The SMILES string of the molecule is CS(=O)(=O)NCCNS(=O)(=O)Cc1ccc(C(=O)O)cc1. The first kappa shape index (κ1) is 17.6. The number of aromatic carboxylic acids is 1. The van der Waals surface area contributed by atoms with Gasteiger partial charge in [0.15, 0.2) is 0 Å². The normalized spacial score (nSPS) is 12.2. The zero-order valence-electron chi connectivity index (χ0n) is 11.2. The average Bonchev–Trinajstić information content (AvgIpc) is 2.34. The quantitative estimate of drug-likeness (QED) is 0.541. The standard InChI is InChI=1S/C11H16N2O6S2/c1-20(16,17)12-6-7-13-21(18,19)8-9-2-4-10(5-3-9)11(14)15/h2-5,12-13H,6-8H2,1H3,(H,14,15). The van der Waals surface area contributed by atoms with E-state index in [0.717, 1.165) is 6.26 Å². The van der Waals surface area contributed by atoms with Crippen molar-refractivity contribution in [3.63, 3.8) is 0 Å². The molecule has 0 amide bonds. The lowest BCUT2D eigenvalue weighted by atomic mass is 10.1. The molecule has 1 aromatic carbocycles. The summed E-state index contributed by atoms with van der Waals surface area (Å²) in [6.45, 7) is -0.112. The van der Waals surface area contributed by atoms with Crippen molar-refractivity contribution >= 4 is 26.0 Å². The van der Waals surface area contributed by atoms with Crippen molar-refractivity contribution in [3.8, 4) is 0 Å². The van der Waals surface area contributed by atoms with Crippen LogP contribution in [0.25, 0.3) is 0 Å². The van der Waals surface area contributed by atoms with Gasteiger partial charge in [0.25, 0.3) is 0 Å². The minimum atomic E-state index is -3.62. The van der Waals surface area contributed by atoms with E-state index < -0.39 is 26.0 Å². The molecule has 0 aliphatic heterocycles. The summed E-state index contributed by atoms with van der Waals surface area (Å²) >= 11 is 0. The molecule has 0 aliphatic carbocycles. The molecule has 118 valence electrons. The van der Waals surface area contributed by atoms with Crippen LogP contribution in [0.15, 0.2) is 24.3 Å². The summed E-state index contributed by atoms with van der Waals surface area (Å²) in [6, 6.07) is 5.46. The van der Waals surface area contributed by atoms with Crippen LogP contribution in [0, 0.1) is 0 Å². The third-order valence-corrected chi connectivity index (χ3v) is 4.45. The Morgan fingerprint density at radius 3 is 2.05 bits per heavy atom. The molecule has 0 radical (unpaired) electrons. The Kier molecular flexibility index (Phi) is 5.84. The second-order valence-corrected chi connectivity index (χ2v) is 7.96. The van der Waals surface area contributed by atoms with Crippen LogP contribution in [0.5, 0.6) is 0 Å². The fourth-order valence-electron chi connectivity index (χ4n) is 1.46. The van der Waals surface area contributed by atoms with Gasteiger partial charge in [-0.25, -0.2) is 31.1 Å². The van der Waals surface area contributed by atoms with E-state index in [-0.39, 0.29) is 24.4 Å². The third-order valence-electron chi connectivity index (χ3n) is 2.37. The maximum Gasteiger partial charge on any atom is 0.335 e. The number of benzene rings is 1. The van der Waals surface area contributed by atoms with E-state index in [1.165, 1.54) is 24.3 Å². The van der Waals surface area contributed by atoms with Crippen LogP contribution in [-0.4, -0.2) is 47.3 Å². The number of carbonyl (C=O) groups is 1. The Morgan fingerprint density at radius 2 is 1.57 bits per heavy atom. The van der Waals surface area contributed by atoms with Crippen molar-refractivity contribution in [2.24, 2.45) is 0 Å². The topological polar surface area (TPSA) is 130 Å². The van der Waals surface area contributed by atoms with E-state index in [2.05, 4.69) is 9.44 Å². The van der Waals surface area contributed by atoms with E-state index >= 15 is 0 Å². The molecule has 0 bridgehead atoms. The van der Waals surface area contributed by atoms with Crippen LogP contribution in [0.3, 0.4) is 0 Å². The van der Waals surface area contributed by atoms with Crippen LogP contribution < -0.4 is 9.44 Å². The van der Waals surface area contributed by atoms with Gasteiger partial charge >= 0.3 is 5.97 Å². The van der Waals surface area contributed by atoms with Crippen LogP contribution >= 0.6 is 0 Å². The molecule has 0 atom stereocenters. The van der Waals surface area contributed by atoms with Crippen LogP contribution in [-0.2, 0) is 25.8 Å². The summed E-state index contributed by atoms with van der Waals surface area (Å²) in [4.78, 5) is 10.7. The highest BCUT2D eigenvalue weighted by molar-refractivity contribution is 7.89. The molecule has 1 rings (SSSR count). The largest absolute Gasteiger partial charge is 0.478 e. The van der Waals surface area contributed by atoms with Crippen molar-refractivity contribution in [1.82, 2.24) is 9.44 Å². The number of rotatable bonds is 8. The summed E-state index contributed by atoms with van der Waals surface area (Å²) in [5.74, 6) is -1.40. The Bertz CT molecular complexity index is 695. The highest BCUT2D eigenvalue weighted by Gasteiger charge is 2.12. The van der Waals surface area contributed by atoms with Gasteiger partial charge in [0.2, 0.25) is 20.0 Å². The number of nitrogens with one attached hydrogen (secondary N) is 2. The lowest BCUT2D eigenvalue weighted by Crippen LogP contribution is -2.34. The number of hydrogen-bond donors (Lipinski definition) is 3. The van der Waals surface area contributed by atoms with Crippen molar-refractivity contribution in [2.45, 2.75) is 5.75 Å². The molecule has 0 spiro atoms. The van der Waals surface area contributed by atoms with E-state index in [1.54, 1.807) is 0 Å². The fourth-order valence-corrected chi connectivity index (χ4v) is 3.08. The smallest absolute Gasteiger partial charge is 0.335 e. The maximum absolute atomic E-state index is 11.7. The van der Waals surface area contributed by atoms with E-state index in [1.807, 2.05) is 0 Å². The molecule has 0 heterocycles. The van der Waals surface area contributed by atoms with E-state index in [4.69, 9.17) is 5.11 Å². The molecule has 0 saturated carbocycles. The van der Waals surface area contributed by atoms with Crippen molar-refractivity contribution in [3.05, 3.63) is 35.4 Å². The van der Waals surface area contributed by atoms with Gasteiger partial charge in [-0.3, -0.25) is 0 Å². The Balaban J connectivity index is 2.54. The van der Waals surface area contributed by atoms with Crippen molar-refractivity contribution in [2.75, 3.05) is 19.3 Å². The molecule has 0 fully saturated rings. The molecule has 0 aliphatic rings. The van der Waals surface area contributed by atoms with Gasteiger partial charge in [-0.1, -0.05) is 12.1 Å². The van der Waals surface area contributed by atoms with Gasteiger partial charge < -0.3 is 5.11 Å². The van der Waals surface area contributed by atoms with E-state index in [9.17, 15) is 21.6 Å². The first-order chi connectivity index (χ1) is 9.59. The molecular weight excluding hydrogens is 320 g/mol. The van der Waals surface area contributed by atoms with E-state index in [0.29, 0.717) is 5.56 Å². The molecule has 1 aromatic rings. The molecule has 10 heteroatoms. The molecule has 0 saturated heterocycles. The van der Waals surface area contributed by atoms with Gasteiger partial charge in [-0.15, -0.1) is 0 Å². The van der Waals surface area contributed by atoms with Gasteiger partial charge in [0.05, 0.1) is 17.6 Å². The van der Waals surface area contributed by atoms with Crippen LogP contribution in [0.2, 0.25) is 0 Å². The van der Waals surface area contributed by atoms with Gasteiger partial charge in [0.1, 0.15) is 0 Å². The molecular formula is C11H16N2O6S2. The minimum absolute atomic E-state index is 0.0456. The number of carboxylic acid groups (broad SMARTS) is 1. The Labute approximate surface area is 123 Å². The Morgan fingerprint density at radius 1 is 1.05 bits per heavy atom. The monoisotopic (exact) mass is 336 g/mol. The lowest BCUT2D eigenvalue weighted by Gasteiger charge is -2.07. The summed E-state index contributed by atoms with van der Waals surface area (Å²) in [5.41, 5.74) is 0.505. The van der Waals surface area contributed by atoms with Crippen LogP contribution in [0.4, 0.5) is 0 Å². The first-order valence-electron chi connectivity index (χ1n) is 5.83. The second-order valence-electron chi connectivity index (χ2n) is 4.32. The number of carboxylic acids is 1. The zero-order valence-corrected chi connectivity index (χ0v) is 12.9. The van der Waals surface area contributed by atoms with Crippen molar-refractivity contribution < 1.29 is 26.7 Å². The first-order valence-corrected chi connectivity index (χ1v) is 9.38. The molecule has 8 nitrogen and oxygen atoms in total. The van der Waals surface area contributed by atoms with Gasteiger partial charge in [0, 0.05) is 13.1 Å². The average molecular weight is 336 g/mol. The van der Waals surface area contributed by atoms with Crippen LogP contribution in [0.1, 0.15) is 15.9 Å². The summed E-state index contributed by atoms with van der Waals surface area (Å²) in [7, 11) is -6.97. The summed E-state index contributed by atoms with van der Waals surface area (Å²) in [5, 5.41) is 8.73. The highest BCUT2D eigenvalue weighted by atomic mass is 32.2.